The van der Waals surface area contributed by atoms with Crippen LogP contribution >= 0.6 is 11.6 Å². The van der Waals surface area contributed by atoms with Crippen molar-refractivity contribution in [3.8, 4) is 0 Å². The van der Waals surface area contributed by atoms with Gasteiger partial charge in [-0.3, -0.25) is 9.88 Å². The minimum atomic E-state index is 0.548. The summed E-state index contributed by atoms with van der Waals surface area (Å²) in [7, 11) is 2.29. The van der Waals surface area contributed by atoms with Crippen LogP contribution < -0.4 is 0 Å². The molecule has 0 amide bonds. The molecule has 0 spiro atoms. The van der Waals surface area contributed by atoms with Gasteiger partial charge in [0.2, 0.25) is 0 Å². The summed E-state index contributed by atoms with van der Waals surface area (Å²) in [5, 5.41) is 2.19. The van der Waals surface area contributed by atoms with Crippen LogP contribution in [0.1, 0.15) is 41.4 Å². The Labute approximate surface area is 159 Å². The summed E-state index contributed by atoms with van der Waals surface area (Å²) in [5.41, 5.74) is 6.77. The number of pyridine rings is 1. The largest absolute Gasteiger partial charge is 0.344 e. The molecule has 0 radical (unpaired) electrons. The van der Waals surface area contributed by atoms with E-state index in [2.05, 4.69) is 45.8 Å². The molecule has 134 valence electrons. The van der Waals surface area contributed by atoms with Gasteiger partial charge in [-0.15, -0.1) is 0 Å². The zero-order valence-electron chi connectivity index (χ0n) is 15.4. The molecule has 4 heteroatoms. The third-order valence-corrected chi connectivity index (χ3v) is 6.61. The Morgan fingerprint density at radius 1 is 1.19 bits per heavy atom. The van der Waals surface area contributed by atoms with Crippen LogP contribution in [0, 0.1) is 6.92 Å². The highest BCUT2D eigenvalue weighted by atomic mass is 35.5. The Hall–Kier alpha value is -1.84. The van der Waals surface area contributed by atoms with Crippen molar-refractivity contribution in [1.82, 2.24) is 14.5 Å². The highest BCUT2D eigenvalue weighted by Gasteiger charge is 2.40. The number of benzene rings is 1. The summed E-state index contributed by atoms with van der Waals surface area (Å²) < 4.78 is 2.55. The van der Waals surface area contributed by atoms with E-state index in [1.165, 1.54) is 40.6 Å². The minimum Gasteiger partial charge on any atom is -0.344 e. The Morgan fingerprint density at radius 3 is 2.88 bits per heavy atom. The highest BCUT2D eigenvalue weighted by molar-refractivity contribution is 6.31. The molecule has 26 heavy (non-hydrogen) atoms. The van der Waals surface area contributed by atoms with Gasteiger partial charge in [0, 0.05) is 58.6 Å². The summed E-state index contributed by atoms with van der Waals surface area (Å²) in [5.74, 6) is 0. The molecule has 1 aromatic carbocycles. The monoisotopic (exact) mass is 365 g/mol. The standard InChI is InChI=1S/C22H24ClN3/c1-14-3-4-15(13-24-14)9-10-26-19-7-5-16(23)11-18(19)22-20-8-6-17(25(20)2)12-21(22)26/h3-5,7,11,13,17,20H,6,8-10,12H2,1-2H3. The van der Waals surface area contributed by atoms with E-state index in [4.69, 9.17) is 11.6 Å². The van der Waals surface area contributed by atoms with Crippen molar-refractivity contribution >= 4 is 22.5 Å². The summed E-state index contributed by atoms with van der Waals surface area (Å²) in [6.07, 6.45) is 6.75. The molecular formula is C22H24ClN3. The summed E-state index contributed by atoms with van der Waals surface area (Å²) in [6, 6.07) is 12.0. The third kappa shape index (κ3) is 2.49. The normalized spacial score (nSPS) is 22.1. The fourth-order valence-electron chi connectivity index (χ4n) is 4.97. The summed E-state index contributed by atoms with van der Waals surface area (Å²) >= 11 is 6.36. The van der Waals surface area contributed by atoms with Crippen LogP contribution in [0.4, 0.5) is 0 Å². The average molecular weight is 366 g/mol. The number of hydrogen-bond acceptors (Lipinski definition) is 2. The van der Waals surface area contributed by atoms with Gasteiger partial charge < -0.3 is 4.57 Å². The number of nitrogens with zero attached hydrogens (tertiary/aromatic N) is 3. The van der Waals surface area contributed by atoms with Crippen molar-refractivity contribution in [2.75, 3.05) is 7.05 Å². The number of hydrogen-bond donors (Lipinski definition) is 0. The van der Waals surface area contributed by atoms with Gasteiger partial charge >= 0.3 is 0 Å². The first-order valence-electron chi connectivity index (χ1n) is 9.56. The second-order valence-electron chi connectivity index (χ2n) is 7.85. The van der Waals surface area contributed by atoms with Gasteiger partial charge in [0.1, 0.15) is 0 Å². The Bertz CT molecular complexity index is 973. The molecule has 2 aromatic heterocycles. The first kappa shape index (κ1) is 16.3. The van der Waals surface area contributed by atoms with Gasteiger partial charge in [0.05, 0.1) is 0 Å². The topological polar surface area (TPSA) is 21.1 Å². The first-order valence-corrected chi connectivity index (χ1v) is 9.93. The SMILES string of the molecule is Cc1ccc(CCn2c3c(c4cc(Cl)ccc42)C2CCC(C3)N2C)cn1. The fraction of sp³-hybridized carbons (Fsp3) is 0.409. The molecule has 2 aliphatic heterocycles. The van der Waals surface area contributed by atoms with E-state index in [9.17, 15) is 0 Å². The Kier molecular flexibility index (Phi) is 3.84. The van der Waals surface area contributed by atoms with E-state index in [0.29, 0.717) is 12.1 Å². The maximum atomic E-state index is 6.36. The second kappa shape index (κ2) is 6.11. The summed E-state index contributed by atoms with van der Waals surface area (Å²) in [6.45, 7) is 3.04. The molecule has 2 unspecified atom stereocenters. The van der Waals surface area contributed by atoms with E-state index in [1.807, 2.05) is 19.2 Å². The highest BCUT2D eigenvalue weighted by Crippen LogP contribution is 2.47. The number of fused-ring (bicyclic) bond motifs is 6. The maximum Gasteiger partial charge on any atom is 0.0487 e. The summed E-state index contributed by atoms with van der Waals surface area (Å²) in [4.78, 5) is 7.03. The zero-order chi connectivity index (χ0) is 17.8. The van der Waals surface area contributed by atoms with Crippen molar-refractivity contribution in [3.63, 3.8) is 0 Å². The molecule has 3 nitrogen and oxygen atoms in total. The lowest BCUT2D eigenvalue weighted by molar-refractivity contribution is 0.222. The van der Waals surface area contributed by atoms with Gasteiger partial charge in [0.15, 0.2) is 0 Å². The lowest BCUT2D eigenvalue weighted by Crippen LogP contribution is -2.34. The molecule has 1 fully saturated rings. The molecule has 2 bridgehead atoms. The molecule has 2 atom stereocenters. The van der Waals surface area contributed by atoms with Crippen LogP contribution in [0.15, 0.2) is 36.5 Å². The van der Waals surface area contributed by atoms with Crippen LogP contribution in [-0.2, 0) is 19.4 Å². The fourth-order valence-corrected chi connectivity index (χ4v) is 5.14. The molecule has 0 N–H and O–H groups in total. The second-order valence-corrected chi connectivity index (χ2v) is 8.28. The van der Waals surface area contributed by atoms with Crippen LogP contribution in [0.25, 0.3) is 10.9 Å². The van der Waals surface area contributed by atoms with Crippen LogP contribution in [0.2, 0.25) is 5.02 Å². The van der Waals surface area contributed by atoms with Gasteiger partial charge in [-0.05, 0) is 68.6 Å². The molecule has 5 rings (SSSR count). The number of rotatable bonds is 3. The number of likely N-dealkylation sites (N-methyl/N-ethyl adjacent to an activating group) is 1. The first-order chi connectivity index (χ1) is 12.6. The number of halogens is 1. The van der Waals surface area contributed by atoms with Crippen molar-refractivity contribution in [2.45, 2.75) is 51.2 Å². The average Bonchev–Trinajstić information content (AvgIpc) is 3.04. The van der Waals surface area contributed by atoms with Gasteiger partial charge in [-0.25, -0.2) is 0 Å². The van der Waals surface area contributed by atoms with Crippen molar-refractivity contribution < 1.29 is 0 Å². The smallest absolute Gasteiger partial charge is 0.0487 e. The quantitative estimate of drug-likeness (QED) is 0.656. The predicted octanol–water partition coefficient (Wildman–Crippen LogP) is 4.93. The molecular weight excluding hydrogens is 342 g/mol. The molecule has 3 aromatic rings. The Balaban J connectivity index is 1.59. The van der Waals surface area contributed by atoms with E-state index < -0.39 is 0 Å². The van der Waals surface area contributed by atoms with Crippen molar-refractivity contribution in [2.24, 2.45) is 0 Å². The molecule has 0 saturated carbocycles. The van der Waals surface area contributed by atoms with E-state index in [-0.39, 0.29) is 0 Å². The molecule has 0 aliphatic carbocycles. The van der Waals surface area contributed by atoms with E-state index in [0.717, 1.165) is 30.1 Å². The third-order valence-electron chi connectivity index (χ3n) is 6.38. The number of aryl methyl sites for hydroxylation is 3. The van der Waals surface area contributed by atoms with Gasteiger partial charge in [-0.1, -0.05) is 17.7 Å². The maximum absolute atomic E-state index is 6.36. The van der Waals surface area contributed by atoms with Crippen molar-refractivity contribution in [3.05, 3.63) is 64.1 Å². The molecule has 1 saturated heterocycles. The van der Waals surface area contributed by atoms with E-state index in [1.54, 1.807) is 0 Å². The van der Waals surface area contributed by atoms with Crippen molar-refractivity contribution in [1.29, 1.82) is 0 Å². The van der Waals surface area contributed by atoms with Gasteiger partial charge in [0.25, 0.3) is 0 Å². The lowest BCUT2D eigenvalue weighted by atomic mass is 9.97. The molecule has 2 aliphatic rings. The van der Waals surface area contributed by atoms with Crippen LogP contribution in [0.5, 0.6) is 0 Å². The van der Waals surface area contributed by atoms with Gasteiger partial charge in [-0.2, -0.15) is 0 Å². The van der Waals surface area contributed by atoms with Crippen LogP contribution in [0.3, 0.4) is 0 Å². The molecule has 4 heterocycles. The van der Waals surface area contributed by atoms with Crippen LogP contribution in [-0.4, -0.2) is 27.5 Å². The number of aromatic nitrogens is 2. The predicted molar refractivity (Wildman–Crippen MR) is 107 cm³/mol. The Morgan fingerprint density at radius 2 is 2.08 bits per heavy atom. The minimum absolute atomic E-state index is 0.548. The zero-order valence-corrected chi connectivity index (χ0v) is 16.1. The lowest BCUT2D eigenvalue weighted by Gasteiger charge is -2.32. The van der Waals surface area contributed by atoms with E-state index >= 15 is 0 Å².